The van der Waals surface area contributed by atoms with E-state index in [0.29, 0.717) is 11.8 Å². The van der Waals surface area contributed by atoms with Gasteiger partial charge in [0, 0.05) is 12.3 Å². The van der Waals surface area contributed by atoms with Gasteiger partial charge in [-0.1, -0.05) is 17.3 Å². The first kappa shape index (κ1) is 22.6. The van der Waals surface area contributed by atoms with E-state index >= 15 is 0 Å². The smallest absolute Gasteiger partial charge is 0.355 e. The number of carbonyl (C=O) groups is 1. The Bertz CT molecular complexity index is 1270. The fourth-order valence-electron chi connectivity index (χ4n) is 2.96. The molecule has 0 saturated heterocycles. The summed E-state index contributed by atoms with van der Waals surface area (Å²) in [6, 6.07) is 6.42. The van der Waals surface area contributed by atoms with Crippen molar-refractivity contribution in [2.24, 2.45) is 0 Å². The molecule has 1 N–H and O–H groups in total. The summed E-state index contributed by atoms with van der Waals surface area (Å²) >= 11 is 1.39. The second kappa shape index (κ2) is 8.39. The number of anilines is 1. The first-order chi connectivity index (χ1) is 15.5. The van der Waals surface area contributed by atoms with Crippen molar-refractivity contribution < 1.29 is 35.7 Å². The fraction of sp³-hybridized carbons (Fsp3) is 0.150. The zero-order valence-electron chi connectivity index (χ0n) is 16.2. The molecule has 3 aromatic heterocycles. The maximum absolute atomic E-state index is 13.3. The van der Waals surface area contributed by atoms with Gasteiger partial charge in [-0.2, -0.15) is 31.4 Å². The number of carbonyl (C=O) groups excluding carboxylic acids is 1. The van der Waals surface area contributed by atoms with Crippen LogP contribution >= 0.6 is 11.3 Å². The Hall–Kier alpha value is -3.61. The highest BCUT2D eigenvalue weighted by Gasteiger charge is 2.38. The molecule has 6 nitrogen and oxygen atoms in total. The highest BCUT2D eigenvalue weighted by atomic mass is 32.1. The Morgan fingerprint density at radius 3 is 2.55 bits per heavy atom. The lowest BCUT2D eigenvalue weighted by Gasteiger charge is -2.16. The number of nitrogens with one attached hydrogen (secondary N) is 1. The van der Waals surface area contributed by atoms with E-state index in [1.807, 2.05) is 5.38 Å². The molecule has 4 aromatic rings. The van der Waals surface area contributed by atoms with Crippen LogP contribution in [-0.2, 0) is 18.9 Å². The summed E-state index contributed by atoms with van der Waals surface area (Å²) in [4.78, 5) is 13.1. The number of rotatable bonds is 5. The highest BCUT2D eigenvalue weighted by Crippen LogP contribution is 2.37. The highest BCUT2D eigenvalue weighted by molar-refractivity contribution is 7.13. The van der Waals surface area contributed by atoms with E-state index in [1.165, 1.54) is 29.8 Å². The predicted molar refractivity (Wildman–Crippen MR) is 106 cm³/mol. The van der Waals surface area contributed by atoms with Gasteiger partial charge in [0.15, 0.2) is 11.5 Å². The summed E-state index contributed by atoms with van der Waals surface area (Å²) in [5.41, 5.74) is -3.09. The van der Waals surface area contributed by atoms with E-state index in [1.54, 1.807) is 12.1 Å². The number of aromatic nitrogens is 3. The average molecular weight is 486 g/mol. The fourth-order valence-corrected chi connectivity index (χ4v) is 3.63. The van der Waals surface area contributed by atoms with Crippen molar-refractivity contribution in [1.29, 1.82) is 0 Å². The molecule has 13 heteroatoms. The second-order valence-corrected chi connectivity index (χ2v) is 7.75. The van der Waals surface area contributed by atoms with Crippen molar-refractivity contribution in [3.05, 3.63) is 76.6 Å². The molecule has 0 bridgehead atoms. The van der Waals surface area contributed by atoms with Crippen molar-refractivity contribution in [3.8, 4) is 10.6 Å². The molecule has 1 aromatic carbocycles. The van der Waals surface area contributed by atoms with Crippen LogP contribution in [0.15, 0.2) is 58.7 Å². The Morgan fingerprint density at radius 2 is 1.88 bits per heavy atom. The minimum absolute atomic E-state index is 0.0201. The first-order valence-electron chi connectivity index (χ1n) is 9.12. The summed E-state index contributed by atoms with van der Waals surface area (Å²) in [5, 5.41) is 11.9. The molecule has 0 atom stereocenters. The average Bonchev–Trinajstić information content (AvgIpc) is 3.48. The van der Waals surface area contributed by atoms with E-state index in [0.717, 1.165) is 15.6 Å². The Balaban J connectivity index is 1.49. The Morgan fingerprint density at radius 1 is 1.09 bits per heavy atom. The molecule has 0 saturated carbocycles. The minimum atomic E-state index is -4.99. The van der Waals surface area contributed by atoms with Crippen LogP contribution in [0.1, 0.15) is 27.2 Å². The van der Waals surface area contributed by atoms with Crippen LogP contribution in [0.4, 0.5) is 32.0 Å². The van der Waals surface area contributed by atoms with Gasteiger partial charge in [-0.05, 0) is 29.1 Å². The summed E-state index contributed by atoms with van der Waals surface area (Å²) in [5.74, 6) is -0.237. The number of hydrogen-bond donors (Lipinski definition) is 1. The van der Waals surface area contributed by atoms with Crippen LogP contribution in [0.25, 0.3) is 10.6 Å². The molecule has 0 aliphatic rings. The number of benzene rings is 1. The summed E-state index contributed by atoms with van der Waals surface area (Å²) < 4.78 is 84.6. The SMILES string of the molecule is O=C(Nc1cnn(Cc2ccc(C(F)(F)F)cc2C(F)(F)F)c1)c1cc(-c2cccs2)on1. The van der Waals surface area contributed by atoms with Gasteiger partial charge < -0.3 is 9.84 Å². The lowest BCUT2D eigenvalue weighted by atomic mass is 10.0. The van der Waals surface area contributed by atoms with E-state index in [4.69, 9.17) is 4.52 Å². The zero-order valence-corrected chi connectivity index (χ0v) is 17.1. The van der Waals surface area contributed by atoms with Gasteiger partial charge in [-0.25, -0.2) is 0 Å². The van der Waals surface area contributed by atoms with Gasteiger partial charge in [-0.15, -0.1) is 11.3 Å². The molecule has 0 aliphatic heterocycles. The quantitative estimate of drug-likeness (QED) is 0.355. The van der Waals surface area contributed by atoms with E-state index < -0.39 is 41.5 Å². The largest absolute Gasteiger partial charge is 0.416 e. The topological polar surface area (TPSA) is 73.0 Å². The van der Waals surface area contributed by atoms with Crippen molar-refractivity contribution in [3.63, 3.8) is 0 Å². The molecule has 0 spiro atoms. The van der Waals surface area contributed by atoms with E-state index in [2.05, 4.69) is 15.6 Å². The third kappa shape index (κ3) is 5.08. The summed E-state index contributed by atoms with van der Waals surface area (Å²) in [6.07, 6.45) is -7.47. The lowest BCUT2D eigenvalue weighted by molar-refractivity contribution is -0.143. The van der Waals surface area contributed by atoms with Crippen LogP contribution < -0.4 is 5.32 Å². The minimum Gasteiger partial charge on any atom is -0.355 e. The second-order valence-electron chi connectivity index (χ2n) is 6.80. The number of halogens is 6. The van der Waals surface area contributed by atoms with Crippen LogP contribution in [0, 0.1) is 0 Å². The Labute approximate surface area is 185 Å². The summed E-state index contributed by atoms with van der Waals surface area (Å²) in [7, 11) is 0. The number of alkyl halides is 6. The molecule has 0 unspecified atom stereocenters. The van der Waals surface area contributed by atoms with Gasteiger partial charge in [0.25, 0.3) is 5.91 Å². The first-order valence-corrected chi connectivity index (χ1v) is 10.0. The van der Waals surface area contributed by atoms with Crippen molar-refractivity contribution >= 4 is 22.9 Å². The van der Waals surface area contributed by atoms with Crippen molar-refractivity contribution in [1.82, 2.24) is 14.9 Å². The van der Waals surface area contributed by atoms with Gasteiger partial charge in [0.05, 0.1) is 34.4 Å². The molecule has 4 rings (SSSR count). The molecule has 1 amide bonds. The standard InChI is InChI=1S/C20H12F6N4O2S/c21-19(22,23)12-4-3-11(14(6-12)20(24,25)26)9-30-10-13(8-27-30)28-18(31)15-7-16(32-29-15)17-2-1-5-33-17/h1-8,10H,9H2,(H,28,31). The van der Waals surface area contributed by atoms with Crippen LogP contribution in [0.3, 0.4) is 0 Å². The lowest BCUT2D eigenvalue weighted by Crippen LogP contribution is -2.15. The van der Waals surface area contributed by atoms with Gasteiger partial charge >= 0.3 is 12.4 Å². The maximum Gasteiger partial charge on any atom is 0.416 e. The summed E-state index contributed by atoms with van der Waals surface area (Å²) in [6.45, 7) is -0.463. The number of thiophene rings is 1. The van der Waals surface area contributed by atoms with Crippen LogP contribution in [0.2, 0.25) is 0 Å². The van der Waals surface area contributed by atoms with E-state index in [-0.39, 0.29) is 17.4 Å². The zero-order chi connectivity index (χ0) is 23.8. The number of nitrogens with zero attached hydrogens (tertiary/aromatic N) is 3. The normalized spacial score (nSPS) is 12.2. The van der Waals surface area contributed by atoms with Gasteiger partial charge in [-0.3, -0.25) is 9.48 Å². The molecule has 172 valence electrons. The molecule has 3 heterocycles. The van der Waals surface area contributed by atoms with Crippen LogP contribution in [0.5, 0.6) is 0 Å². The van der Waals surface area contributed by atoms with Gasteiger partial charge in [0.2, 0.25) is 0 Å². The molecular weight excluding hydrogens is 474 g/mol. The van der Waals surface area contributed by atoms with E-state index in [9.17, 15) is 31.1 Å². The van der Waals surface area contributed by atoms with Crippen molar-refractivity contribution in [2.75, 3.05) is 5.32 Å². The number of amides is 1. The molecule has 0 aliphatic carbocycles. The third-order valence-electron chi connectivity index (χ3n) is 4.47. The van der Waals surface area contributed by atoms with Crippen LogP contribution in [-0.4, -0.2) is 20.8 Å². The molecule has 0 radical (unpaired) electrons. The Kier molecular flexibility index (Phi) is 5.74. The monoisotopic (exact) mass is 486 g/mol. The molecule has 0 fully saturated rings. The molecule has 33 heavy (non-hydrogen) atoms. The molecular formula is C20H12F6N4O2S. The maximum atomic E-state index is 13.3. The van der Waals surface area contributed by atoms with Crippen molar-refractivity contribution in [2.45, 2.75) is 18.9 Å². The van der Waals surface area contributed by atoms with Gasteiger partial charge in [0.1, 0.15) is 0 Å². The predicted octanol–water partition coefficient (Wildman–Crippen LogP) is 5.94. The third-order valence-corrected chi connectivity index (χ3v) is 5.36. The number of hydrogen-bond acceptors (Lipinski definition) is 5.